The second-order valence-electron chi connectivity index (χ2n) is 5.17. The molecule has 0 aliphatic rings. The van der Waals surface area contributed by atoms with E-state index in [-0.39, 0.29) is 11.2 Å². The summed E-state index contributed by atoms with van der Waals surface area (Å²) in [5.41, 5.74) is 1.45. The van der Waals surface area contributed by atoms with Gasteiger partial charge in [-0.25, -0.2) is 4.79 Å². The van der Waals surface area contributed by atoms with Gasteiger partial charge in [0.05, 0.1) is 11.2 Å². The van der Waals surface area contributed by atoms with Crippen molar-refractivity contribution in [3.8, 4) is 11.3 Å². The van der Waals surface area contributed by atoms with Crippen molar-refractivity contribution in [3.63, 3.8) is 0 Å². The topological polar surface area (TPSA) is 55.1 Å². The van der Waals surface area contributed by atoms with Crippen molar-refractivity contribution < 1.29 is 9.90 Å². The van der Waals surface area contributed by atoms with Gasteiger partial charge in [0, 0.05) is 5.56 Å². The lowest BCUT2D eigenvalue weighted by Crippen LogP contribution is -2.27. The van der Waals surface area contributed by atoms with Gasteiger partial charge in [-0.2, -0.15) is 5.10 Å². The van der Waals surface area contributed by atoms with E-state index < -0.39 is 5.97 Å². The van der Waals surface area contributed by atoms with Crippen LogP contribution in [0.1, 0.15) is 31.3 Å². The van der Waals surface area contributed by atoms with Crippen LogP contribution < -0.4 is 0 Å². The Balaban J connectivity index is 2.57. The molecule has 18 heavy (non-hydrogen) atoms. The smallest absolute Gasteiger partial charge is 0.354 e. The third-order valence-electron chi connectivity index (χ3n) is 2.63. The van der Waals surface area contributed by atoms with Gasteiger partial charge >= 0.3 is 5.97 Å². The lowest BCUT2D eigenvalue weighted by atomic mass is 10.1. The zero-order chi connectivity index (χ0) is 13.3. The number of rotatable bonds is 2. The summed E-state index contributed by atoms with van der Waals surface area (Å²) in [5.74, 6) is -0.959. The lowest BCUT2D eigenvalue weighted by Gasteiger charge is -2.20. The fraction of sp³-hybridized carbons (Fsp3) is 0.286. The number of aromatic nitrogens is 2. The molecule has 0 fully saturated rings. The van der Waals surface area contributed by atoms with Gasteiger partial charge in [0.1, 0.15) is 5.69 Å². The second-order valence-corrected chi connectivity index (χ2v) is 5.17. The maximum atomic E-state index is 11.3. The van der Waals surface area contributed by atoms with Gasteiger partial charge in [-0.3, -0.25) is 4.68 Å². The third-order valence-corrected chi connectivity index (χ3v) is 2.63. The average Bonchev–Trinajstić information content (AvgIpc) is 2.74. The molecule has 2 rings (SSSR count). The summed E-state index contributed by atoms with van der Waals surface area (Å²) in [7, 11) is 0. The molecule has 94 valence electrons. The zero-order valence-corrected chi connectivity index (χ0v) is 10.7. The monoisotopic (exact) mass is 244 g/mol. The largest absolute Gasteiger partial charge is 0.477 e. The van der Waals surface area contributed by atoms with Gasteiger partial charge in [0.2, 0.25) is 0 Å². The third kappa shape index (κ3) is 2.27. The molecule has 1 N–H and O–H groups in total. The van der Waals surface area contributed by atoms with Gasteiger partial charge in [-0.05, 0) is 26.8 Å². The molecule has 0 atom stereocenters. The summed E-state index contributed by atoms with van der Waals surface area (Å²) < 4.78 is 1.55. The molecule has 4 heteroatoms. The summed E-state index contributed by atoms with van der Waals surface area (Å²) in [6.07, 6.45) is 0. The highest BCUT2D eigenvalue weighted by atomic mass is 16.4. The van der Waals surface area contributed by atoms with Crippen LogP contribution in [0.25, 0.3) is 11.3 Å². The number of aromatic carboxylic acids is 1. The molecule has 0 saturated heterocycles. The number of carboxylic acids is 1. The quantitative estimate of drug-likeness (QED) is 0.883. The highest BCUT2D eigenvalue weighted by Gasteiger charge is 2.23. The van der Waals surface area contributed by atoms with E-state index in [2.05, 4.69) is 5.10 Å². The minimum absolute atomic E-state index is 0.210. The van der Waals surface area contributed by atoms with Gasteiger partial charge in [0.15, 0.2) is 0 Å². The molecule has 1 aromatic carbocycles. The highest BCUT2D eigenvalue weighted by Crippen LogP contribution is 2.23. The first-order valence-corrected chi connectivity index (χ1v) is 5.79. The minimum Gasteiger partial charge on any atom is -0.477 e. The number of carbonyl (C=O) groups is 1. The van der Waals surface area contributed by atoms with Gasteiger partial charge in [-0.1, -0.05) is 30.3 Å². The molecule has 1 heterocycles. The van der Waals surface area contributed by atoms with Crippen LogP contribution in [-0.4, -0.2) is 20.9 Å². The Morgan fingerprint density at radius 1 is 1.22 bits per heavy atom. The Hall–Kier alpha value is -2.10. The molecular formula is C14H16N2O2. The summed E-state index contributed by atoms with van der Waals surface area (Å²) in [6.45, 7) is 5.80. The van der Waals surface area contributed by atoms with Crippen LogP contribution in [0, 0.1) is 0 Å². The number of benzene rings is 1. The molecule has 0 spiro atoms. The lowest BCUT2D eigenvalue weighted by molar-refractivity contribution is 0.0675. The molecule has 0 aliphatic heterocycles. The maximum Gasteiger partial charge on any atom is 0.354 e. The van der Waals surface area contributed by atoms with Crippen LogP contribution in [0.15, 0.2) is 36.4 Å². The Morgan fingerprint density at radius 3 is 2.28 bits per heavy atom. The summed E-state index contributed by atoms with van der Waals surface area (Å²) in [4.78, 5) is 11.3. The van der Waals surface area contributed by atoms with E-state index in [4.69, 9.17) is 0 Å². The highest BCUT2D eigenvalue weighted by molar-refractivity contribution is 5.87. The normalized spacial score (nSPS) is 11.5. The Morgan fingerprint density at radius 2 is 1.83 bits per heavy atom. The average molecular weight is 244 g/mol. The van der Waals surface area contributed by atoms with Crippen LogP contribution in [0.5, 0.6) is 0 Å². The summed E-state index contributed by atoms with van der Waals surface area (Å²) in [6, 6.07) is 11.2. The molecular weight excluding hydrogens is 228 g/mol. The van der Waals surface area contributed by atoms with Crippen LogP contribution >= 0.6 is 0 Å². The van der Waals surface area contributed by atoms with Gasteiger partial charge in [-0.15, -0.1) is 0 Å². The number of nitrogens with zero attached hydrogens (tertiary/aromatic N) is 2. The predicted octanol–water partition coefficient (Wildman–Crippen LogP) is 3.00. The molecule has 0 amide bonds. The Kier molecular flexibility index (Phi) is 2.95. The first-order valence-electron chi connectivity index (χ1n) is 5.79. The molecule has 4 nitrogen and oxygen atoms in total. The van der Waals surface area contributed by atoms with E-state index in [9.17, 15) is 9.90 Å². The summed E-state index contributed by atoms with van der Waals surface area (Å²) in [5, 5.41) is 13.6. The maximum absolute atomic E-state index is 11.3. The van der Waals surface area contributed by atoms with Crippen LogP contribution in [0.3, 0.4) is 0 Å². The van der Waals surface area contributed by atoms with Crippen LogP contribution in [0.4, 0.5) is 0 Å². The van der Waals surface area contributed by atoms with Crippen molar-refractivity contribution in [3.05, 3.63) is 42.1 Å². The summed E-state index contributed by atoms with van der Waals surface area (Å²) >= 11 is 0. The molecule has 0 bridgehead atoms. The van der Waals surface area contributed by atoms with Gasteiger partial charge < -0.3 is 5.11 Å². The molecule has 0 unspecified atom stereocenters. The van der Waals surface area contributed by atoms with Crippen molar-refractivity contribution >= 4 is 5.97 Å². The van der Waals surface area contributed by atoms with Crippen molar-refractivity contribution in [2.75, 3.05) is 0 Å². The second kappa shape index (κ2) is 4.29. The van der Waals surface area contributed by atoms with Crippen molar-refractivity contribution in [2.24, 2.45) is 0 Å². The number of hydrogen-bond acceptors (Lipinski definition) is 2. The van der Waals surface area contributed by atoms with Crippen molar-refractivity contribution in [1.29, 1.82) is 0 Å². The fourth-order valence-corrected chi connectivity index (χ4v) is 1.79. The van der Waals surface area contributed by atoms with Crippen molar-refractivity contribution in [2.45, 2.75) is 26.3 Å². The predicted molar refractivity (Wildman–Crippen MR) is 69.6 cm³/mol. The van der Waals surface area contributed by atoms with E-state index in [0.29, 0.717) is 5.69 Å². The Labute approximate surface area is 106 Å². The molecule has 0 saturated carbocycles. The standard InChI is InChI=1S/C14H16N2O2/c1-14(2,3)16-12(13(17)18)9-11(15-16)10-7-5-4-6-8-10/h4-9H,1-3H3,(H,17,18). The van der Waals surface area contributed by atoms with Crippen LogP contribution in [0.2, 0.25) is 0 Å². The first kappa shape index (κ1) is 12.4. The van der Waals surface area contributed by atoms with E-state index in [1.807, 2.05) is 51.1 Å². The van der Waals surface area contributed by atoms with Gasteiger partial charge in [0.25, 0.3) is 0 Å². The van der Waals surface area contributed by atoms with E-state index >= 15 is 0 Å². The first-order chi connectivity index (χ1) is 8.39. The molecule has 2 aromatic rings. The Bertz CT molecular complexity index is 565. The molecule has 1 aromatic heterocycles. The fourth-order valence-electron chi connectivity index (χ4n) is 1.79. The zero-order valence-electron chi connectivity index (χ0n) is 10.7. The SMILES string of the molecule is CC(C)(C)n1nc(-c2ccccc2)cc1C(=O)O. The van der Waals surface area contributed by atoms with Crippen molar-refractivity contribution in [1.82, 2.24) is 9.78 Å². The molecule has 0 radical (unpaired) electrons. The minimum atomic E-state index is -0.959. The number of hydrogen-bond donors (Lipinski definition) is 1. The van der Waals surface area contributed by atoms with E-state index in [1.165, 1.54) is 0 Å². The van der Waals surface area contributed by atoms with Crippen LogP contribution in [-0.2, 0) is 5.54 Å². The molecule has 0 aliphatic carbocycles. The van der Waals surface area contributed by atoms with E-state index in [0.717, 1.165) is 5.56 Å². The van der Waals surface area contributed by atoms with E-state index in [1.54, 1.807) is 10.7 Å². The number of carboxylic acid groups (broad SMARTS) is 1.